The number of nitrogens with one attached hydrogen (secondary N) is 1. The summed E-state index contributed by atoms with van der Waals surface area (Å²) in [7, 11) is 0. The second-order valence-corrected chi connectivity index (χ2v) is 9.88. The lowest BCUT2D eigenvalue weighted by Gasteiger charge is -2.20. The summed E-state index contributed by atoms with van der Waals surface area (Å²) in [6, 6.07) is 5.70. The minimum absolute atomic E-state index is 0.0225. The summed E-state index contributed by atoms with van der Waals surface area (Å²) in [5.41, 5.74) is 5.84. The molecule has 4 saturated carbocycles. The van der Waals surface area contributed by atoms with E-state index in [1.165, 1.54) is 43.9 Å². The first-order chi connectivity index (χ1) is 15.2. The van der Waals surface area contributed by atoms with Crippen LogP contribution >= 0.6 is 0 Å². The lowest BCUT2D eigenvalue weighted by atomic mass is 9.88. The van der Waals surface area contributed by atoms with E-state index in [1.807, 2.05) is 0 Å². The third kappa shape index (κ3) is 5.56. The van der Waals surface area contributed by atoms with Gasteiger partial charge in [-0.25, -0.2) is 0 Å². The van der Waals surface area contributed by atoms with Crippen LogP contribution in [0.1, 0.15) is 56.9 Å². The fraction of sp³-hybridized carbons (Fsp3) is 0.667. The first-order valence-electron chi connectivity index (χ1n) is 11.6. The number of carbonyl (C=O) groups excluding carboxylic acids is 2. The smallest absolute Gasteiger partial charge is 0.406 e. The molecule has 4 bridgehead atoms. The van der Waals surface area contributed by atoms with Gasteiger partial charge in [0.15, 0.2) is 0 Å². The number of benzene rings is 1. The third-order valence-electron chi connectivity index (χ3n) is 7.78. The number of rotatable bonds is 5. The van der Waals surface area contributed by atoms with Crippen LogP contribution in [0.4, 0.5) is 13.2 Å². The van der Waals surface area contributed by atoms with Crippen molar-refractivity contribution < 1.29 is 27.5 Å². The summed E-state index contributed by atoms with van der Waals surface area (Å²) in [5, 5.41) is 2.84. The molecule has 4 aliphatic rings. The maximum Gasteiger partial charge on any atom is 0.573 e. The molecule has 6 atom stereocenters. The minimum Gasteiger partial charge on any atom is -0.406 e. The number of carbonyl (C=O) groups is 2. The summed E-state index contributed by atoms with van der Waals surface area (Å²) in [6.45, 7) is 0.224. The maximum atomic E-state index is 12.2. The first-order valence-corrected chi connectivity index (χ1v) is 11.6. The predicted octanol–water partition coefficient (Wildman–Crippen LogP) is 4.55. The van der Waals surface area contributed by atoms with Crippen molar-refractivity contribution >= 4 is 11.8 Å². The van der Waals surface area contributed by atoms with Crippen molar-refractivity contribution in [3.63, 3.8) is 0 Å². The highest BCUT2D eigenvalue weighted by molar-refractivity contribution is 5.79. The molecule has 5 nitrogen and oxygen atoms in total. The van der Waals surface area contributed by atoms with Gasteiger partial charge in [-0.1, -0.05) is 25.0 Å². The lowest BCUT2D eigenvalue weighted by Crippen LogP contribution is -2.33. The number of hydrogen-bond acceptors (Lipinski definition) is 3. The fourth-order valence-corrected chi connectivity index (χ4v) is 6.33. The predicted molar refractivity (Wildman–Crippen MR) is 112 cm³/mol. The van der Waals surface area contributed by atoms with E-state index in [4.69, 9.17) is 5.73 Å². The minimum atomic E-state index is -4.70. The molecule has 5 rings (SSSR count). The van der Waals surface area contributed by atoms with E-state index in [0.717, 1.165) is 31.6 Å². The van der Waals surface area contributed by atoms with Crippen LogP contribution in [-0.4, -0.2) is 18.2 Å². The van der Waals surface area contributed by atoms with Crippen molar-refractivity contribution in [1.29, 1.82) is 0 Å². The Hall–Kier alpha value is -2.25. The van der Waals surface area contributed by atoms with E-state index in [9.17, 15) is 22.8 Å². The standard InChI is InChI=1S/C16H18F3NO2.C8H13NO/c17-16(18,19)22-13-3-1-2-11(7-13)9-20-15(21)14-8-10-4-5-12(14)6-10;9-8(10)7-4-5-1-2-6(7)3-5/h1-3,7,10,12,14H,4-6,8-9H2,(H,20,21);5-7H,1-4H2,(H2,9,10)/t10-,12+,14+;/m1./s1. The average Bonchev–Trinajstić information content (AvgIpc) is 3.53. The highest BCUT2D eigenvalue weighted by atomic mass is 19.4. The van der Waals surface area contributed by atoms with Crippen LogP contribution < -0.4 is 15.8 Å². The van der Waals surface area contributed by atoms with E-state index in [1.54, 1.807) is 6.07 Å². The largest absolute Gasteiger partial charge is 0.573 e. The lowest BCUT2D eigenvalue weighted by molar-refractivity contribution is -0.274. The molecule has 1 aromatic carbocycles. The molecule has 0 spiro atoms. The second-order valence-electron chi connectivity index (χ2n) is 9.88. The van der Waals surface area contributed by atoms with Crippen molar-refractivity contribution in [1.82, 2.24) is 5.32 Å². The molecular formula is C24H31F3N2O3. The Labute approximate surface area is 186 Å². The van der Waals surface area contributed by atoms with Crippen molar-refractivity contribution in [2.75, 3.05) is 0 Å². The zero-order valence-electron chi connectivity index (χ0n) is 18.1. The van der Waals surface area contributed by atoms with Gasteiger partial charge in [0.05, 0.1) is 0 Å². The quantitative estimate of drug-likeness (QED) is 0.688. The summed E-state index contributed by atoms with van der Waals surface area (Å²) >= 11 is 0. The second kappa shape index (κ2) is 9.32. The van der Waals surface area contributed by atoms with Crippen LogP contribution in [0.5, 0.6) is 5.75 Å². The Balaban J connectivity index is 0.000000203. The molecule has 176 valence electrons. The van der Waals surface area contributed by atoms with Crippen LogP contribution in [0, 0.1) is 35.5 Å². The molecule has 0 heterocycles. The molecule has 0 radical (unpaired) electrons. The van der Waals surface area contributed by atoms with Gasteiger partial charge in [0.25, 0.3) is 0 Å². The van der Waals surface area contributed by atoms with Gasteiger partial charge in [-0.3, -0.25) is 9.59 Å². The van der Waals surface area contributed by atoms with Crippen LogP contribution in [0.3, 0.4) is 0 Å². The normalized spacial score (nSPS) is 32.3. The summed E-state index contributed by atoms with van der Waals surface area (Å²) in [4.78, 5) is 23.0. The van der Waals surface area contributed by atoms with Crippen LogP contribution in [-0.2, 0) is 16.1 Å². The molecule has 3 unspecified atom stereocenters. The summed E-state index contributed by atoms with van der Waals surface area (Å²) in [6.07, 6.45) is 4.69. The number of alkyl halides is 3. The number of ether oxygens (including phenoxy) is 1. The average molecular weight is 453 g/mol. The molecule has 4 aliphatic carbocycles. The number of primary amides is 1. The van der Waals surface area contributed by atoms with E-state index in [2.05, 4.69) is 10.1 Å². The Kier molecular flexibility index (Phi) is 6.67. The molecule has 0 aliphatic heterocycles. The molecule has 2 amide bonds. The van der Waals surface area contributed by atoms with Crippen LogP contribution in [0.25, 0.3) is 0 Å². The Morgan fingerprint density at radius 2 is 1.59 bits per heavy atom. The monoisotopic (exact) mass is 452 g/mol. The van der Waals surface area contributed by atoms with Gasteiger partial charge in [-0.15, -0.1) is 13.2 Å². The van der Waals surface area contributed by atoms with E-state index in [-0.39, 0.29) is 35.9 Å². The van der Waals surface area contributed by atoms with Gasteiger partial charge >= 0.3 is 6.36 Å². The number of nitrogens with two attached hydrogens (primary N) is 1. The van der Waals surface area contributed by atoms with Crippen LogP contribution in [0.2, 0.25) is 0 Å². The van der Waals surface area contributed by atoms with E-state index < -0.39 is 6.36 Å². The molecule has 32 heavy (non-hydrogen) atoms. The van der Waals surface area contributed by atoms with Crippen molar-refractivity contribution in [2.24, 2.45) is 41.2 Å². The molecule has 8 heteroatoms. The highest BCUT2D eigenvalue weighted by Crippen LogP contribution is 2.49. The third-order valence-corrected chi connectivity index (χ3v) is 7.78. The topological polar surface area (TPSA) is 81.4 Å². The summed E-state index contributed by atoms with van der Waals surface area (Å²) < 4.78 is 40.4. The number of amides is 2. The molecule has 0 saturated heterocycles. The molecule has 4 fully saturated rings. The number of halogens is 3. The zero-order valence-corrected chi connectivity index (χ0v) is 18.1. The summed E-state index contributed by atoms with van der Waals surface area (Å²) in [5.74, 6) is 2.67. The molecule has 0 aromatic heterocycles. The number of hydrogen-bond donors (Lipinski definition) is 2. The number of fused-ring (bicyclic) bond motifs is 4. The Morgan fingerprint density at radius 1 is 0.969 bits per heavy atom. The van der Waals surface area contributed by atoms with Gasteiger partial charge in [-0.05, 0) is 79.9 Å². The van der Waals surface area contributed by atoms with Crippen molar-refractivity contribution in [3.8, 4) is 5.75 Å². The molecule has 1 aromatic rings. The fourth-order valence-electron chi connectivity index (χ4n) is 6.33. The van der Waals surface area contributed by atoms with Crippen molar-refractivity contribution in [2.45, 2.75) is 64.3 Å². The van der Waals surface area contributed by atoms with E-state index >= 15 is 0 Å². The SMILES string of the molecule is NC(=O)C1CC2CCC1C2.O=C(NCc1cccc(OC(F)(F)F)c1)[C@H]1C[C@@H]2CC[C@H]1C2. The molecular weight excluding hydrogens is 421 g/mol. The van der Waals surface area contributed by atoms with Gasteiger partial charge in [0, 0.05) is 18.4 Å². The van der Waals surface area contributed by atoms with Gasteiger partial charge < -0.3 is 15.8 Å². The van der Waals surface area contributed by atoms with Gasteiger partial charge in [-0.2, -0.15) is 0 Å². The van der Waals surface area contributed by atoms with Gasteiger partial charge in [0.1, 0.15) is 5.75 Å². The van der Waals surface area contributed by atoms with Crippen LogP contribution in [0.15, 0.2) is 24.3 Å². The molecule has 3 N–H and O–H groups in total. The first kappa shape index (κ1) is 22.9. The maximum absolute atomic E-state index is 12.2. The van der Waals surface area contributed by atoms with E-state index in [0.29, 0.717) is 23.3 Å². The van der Waals surface area contributed by atoms with Gasteiger partial charge in [0.2, 0.25) is 11.8 Å². The van der Waals surface area contributed by atoms with Crippen molar-refractivity contribution in [3.05, 3.63) is 29.8 Å². The highest BCUT2D eigenvalue weighted by Gasteiger charge is 2.43. The Bertz CT molecular complexity index is 844. The Morgan fingerprint density at radius 3 is 2.06 bits per heavy atom. The zero-order chi connectivity index (χ0) is 22.9.